The lowest BCUT2D eigenvalue weighted by Crippen LogP contribution is -2.55. The number of carboxylic acid groups (broad SMARTS) is 1. The maximum absolute atomic E-state index is 14.0. The van der Waals surface area contributed by atoms with Crippen LogP contribution in [0.5, 0.6) is 0 Å². The van der Waals surface area contributed by atoms with Gasteiger partial charge < -0.3 is 10.0 Å². The summed E-state index contributed by atoms with van der Waals surface area (Å²) in [6.07, 6.45) is -2.95. The molecule has 1 N–H and O–H groups in total. The van der Waals surface area contributed by atoms with Gasteiger partial charge in [0.2, 0.25) is 0 Å². The molecule has 1 unspecified atom stereocenters. The van der Waals surface area contributed by atoms with Gasteiger partial charge in [-0.2, -0.15) is 13.2 Å². The molecule has 3 nitrogen and oxygen atoms in total. The van der Waals surface area contributed by atoms with E-state index in [9.17, 15) is 27.5 Å². The molecule has 1 fully saturated rings. The maximum Gasteiger partial charge on any atom is 0.416 e. The Balaban J connectivity index is 2.43. The summed E-state index contributed by atoms with van der Waals surface area (Å²) >= 11 is 0. The molecule has 1 atom stereocenters. The van der Waals surface area contributed by atoms with Gasteiger partial charge in [-0.15, -0.1) is 0 Å². The molecule has 7 heteroatoms. The van der Waals surface area contributed by atoms with Gasteiger partial charge in [-0.25, -0.2) is 9.18 Å². The smallest absolute Gasteiger partial charge is 0.416 e. The normalized spacial score (nSPS) is 23.2. The minimum atomic E-state index is -4.63. The number of anilines is 1. The molecule has 1 saturated heterocycles. The molecule has 0 bridgehead atoms. The third-order valence-corrected chi connectivity index (χ3v) is 3.92. The predicted octanol–water partition coefficient (Wildman–Crippen LogP) is 3.68. The van der Waals surface area contributed by atoms with Crippen molar-refractivity contribution in [3.63, 3.8) is 0 Å². The summed E-state index contributed by atoms with van der Waals surface area (Å²) in [5, 5.41) is 9.36. The highest BCUT2D eigenvalue weighted by atomic mass is 19.4. The van der Waals surface area contributed by atoms with Gasteiger partial charge in [0.15, 0.2) is 0 Å². The van der Waals surface area contributed by atoms with Crippen LogP contribution in [0.15, 0.2) is 18.2 Å². The van der Waals surface area contributed by atoms with E-state index in [1.807, 2.05) is 0 Å². The van der Waals surface area contributed by atoms with Crippen molar-refractivity contribution in [2.45, 2.75) is 37.9 Å². The number of carboxylic acids is 1. The van der Waals surface area contributed by atoms with Crippen LogP contribution in [0, 0.1) is 5.82 Å². The second-order valence-electron chi connectivity index (χ2n) is 5.35. The first-order valence-electron chi connectivity index (χ1n) is 6.54. The summed E-state index contributed by atoms with van der Waals surface area (Å²) in [6.45, 7) is 1.76. The van der Waals surface area contributed by atoms with Crippen LogP contribution < -0.4 is 4.90 Å². The zero-order valence-corrected chi connectivity index (χ0v) is 11.4. The largest absolute Gasteiger partial charge is 0.480 e. The number of carbonyl (C=O) groups is 1. The topological polar surface area (TPSA) is 40.5 Å². The van der Waals surface area contributed by atoms with Gasteiger partial charge in [-0.05, 0) is 44.4 Å². The predicted molar refractivity (Wildman–Crippen MR) is 68.6 cm³/mol. The molecular weight excluding hydrogens is 290 g/mol. The summed E-state index contributed by atoms with van der Waals surface area (Å²) in [5.74, 6) is -2.17. The molecule has 1 aromatic carbocycles. The minimum absolute atomic E-state index is 0.104. The molecule has 1 aromatic rings. The van der Waals surface area contributed by atoms with Crippen molar-refractivity contribution in [1.82, 2.24) is 0 Å². The molecule has 0 radical (unpaired) electrons. The Labute approximate surface area is 119 Å². The second kappa shape index (κ2) is 5.20. The molecule has 21 heavy (non-hydrogen) atoms. The van der Waals surface area contributed by atoms with Gasteiger partial charge in [0, 0.05) is 6.54 Å². The third-order valence-electron chi connectivity index (χ3n) is 3.92. The van der Waals surface area contributed by atoms with Gasteiger partial charge in [0.1, 0.15) is 11.4 Å². The zero-order chi connectivity index (χ0) is 15.8. The van der Waals surface area contributed by atoms with Crippen LogP contribution in [0.2, 0.25) is 0 Å². The number of aliphatic carboxylic acids is 1. The summed E-state index contributed by atoms with van der Waals surface area (Å²) < 4.78 is 51.7. The lowest BCUT2D eigenvalue weighted by atomic mass is 9.87. The van der Waals surface area contributed by atoms with E-state index < -0.39 is 29.1 Å². The highest BCUT2D eigenvalue weighted by molar-refractivity contribution is 5.83. The molecule has 0 aliphatic carbocycles. The van der Waals surface area contributed by atoms with Gasteiger partial charge in [-0.3, -0.25) is 0 Å². The van der Waals surface area contributed by atoms with E-state index >= 15 is 0 Å². The average Bonchev–Trinajstić information content (AvgIpc) is 2.38. The highest BCUT2D eigenvalue weighted by Crippen LogP contribution is 2.37. The molecule has 116 valence electrons. The Hall–Kier alpha value is -1.79. The van der Waals surface area contributed by atoms with E-state index in [4.69, 9.17) is 0 Å². The van der Waals surface area contributed by atoms with Crippen molar-refractivity contribution in [2.24, 2.45) is 0 Å². The Kier molecular flexibility index (Phi) is 3.86. The molecule has 0 amide bonds. The Morgan fingerprint density at radius 1 is 1.33 bits per heavy atom. The zero-order valence-electron chi connectivity index (χ0n) is 11.4. The van der Waals surface area contributed by atoms with E-state index in [0.29, 0.717) is 31.9 Å². The van der Waals surface area contributed by atoms with Crippen molar-refractivity contribution in [3.8, 4) is 0 Å². The number of rotatable bonds is 2. The van der Waals surface area contributed by atoms with Crippen LogP contribution >= 0.6 is 0 Å². The lowest BCUT2D eigenvalue weighted by Gasteiger charge is -2.43. The van der Waals surface area contributed by atoms with Crippen LogP contribution in [-0.4, -0.2) is 23.2 Å². The van der Waals surface area contributed by atoms with Gasteiger partial charge >= 0.3 is 12.1 Å². The third kappa shape index (κ3) is 2.82. The van der Waals surface area contributed by atoms with E-state index in [1.165, 1.54) is 11.8 Å². The molecule has 1 aliphatic rings. The monoisotopic (exact) mass is 305 g/mol. The fourth-order valence-electron chi connectivity index (χ4n) is 2.63. The average molecular weight is 305 g/mol. The summed E-state index contributed by atoms with van der Waals surface area (Å²) in [6, 6.07) is 2.19. The lowest BCUT2D eigenvalue weighted by molar-refractivity contribution is -0.143. The van der Waals surface area contributed by atoms with E-state index in [2.05, 4.69) is 0 Å². The number of alkyl halides is 3. The Morgan fingerprint density at radius 3 is 2.52 bits per heavy atom. The quantitative estimate of drug-likeness (QED) is 0.847. The van der Waals surface area contributed by atoms with Crippen molar-refractivity contribution in [1.29, 1.82) is 0 Å². The molecule has 1 aliphatic heterocycles. The SMILES string of the molecule is CC1(C(=O)O)CCCCN1c1ccc(C(F)(F)F)cc1F. The van der Waals surface area contributed by atoms with Crippen LogP contribution in [0.3, 0.4) is 0 Å². The fourth-order valence-corrected chi connectivity index (χ4v) is 2.63. The number of halogens is 4. The summed E-state index contributed by atoms with van der Waals surface area (Å²) in [4.78, 5) is 12.8. The van der Waals surface area contributed by atoms with Crippen LogP contribution in [0.4, 0.5) is 23.2 Å². The van der Waals surface area contributed by atoms with E-state index in [1.54, 1.807) is 0 Å². The van der Waals surface area contributed by atoms with Crippen molar-refractivity contribution in [2.75, 3.05) is 11.4 Å². The van der Waals surface area contributed by atoms with Crippen molar-refractivity contribution >= 4 is 11.7 Å². The summed E-state index contributed by atoms with van der Waals surface area (Å²) in [5.41, 5.74) is -2.50. The van der Waals surface area contributed by atoms with E-state index in [-0.39, 0.29) is 5.69 Å². The standard InChI is InChI=1S/C14H15F4NO2/c1-13(12(20)21)6-2-3-7-19(13)11-5-4-9(8-10(11)15)14(16,17)18/h4-5,8H,2-3,6-7H2,1H3,(H,20,21). The van der Waals surface area contributed by atoms with Gasteiger partial charge in [-0.1, -0.05) is 0 Å². The minimum Gasteiger partial charge on any atom is -0.480 e. The maximum atomic E-state index is 14.0. The number of piperidine rings is 1. The van der Waals surface area contributed by atoms with Gasteiger partial charge in [0.05, 0.1) is 11.3 Å². The number of benzene rings is 1. The molecule has 1 heterocycles. The second-order valence-corrected chi connectivity index (χ2v) is 5.35. The molecule has 0 saturated carbocycles. The van der Waals surface area contributed by atoms with Gasteiger partial charge in [0.25, 0.3) is 0 Å². The highest BCUT2D eigenvalue weighted by Gasteiger charge is 2.42. The first-order chi connectivity index (χ1) is 9.66. The Bertz CT molecular complexity index is 558. The summed E-state index contributed by atoms with van der Waals surface area (Å²) in [7, 11) is 0. The fraction of sp³-hybridized carbons (Fsp3) is 0.500. The molecule has 0 spiro atoms. The first-order valence-corrected chi connectivity index (χ1v) is 6.54. The molecule has 2 rings (SSSR count). The van der Waals surface area contributed by atoms with Crippen LogP contribution in [-0.2, 0) is 11.0 Å². The van der Waals surface area contributed by atoms with Crippen LogP contribution in [0.25, 0.3) is 0 Å². The number of nitrogens with zero attached hydrogens (tertiary/aromatic N) is 1. The van der Waals surface area contributed by atoms with Crippen LogP contribution in [0.1, 0.15) is 31.7 Å². The number of hydrogen-bond donors (Lipinski definition) is 1. The first kappa shape index (κ1) is 15.6. The molecular formula is C14H15F4NO2. The van der Waals surface area contributed by atoms with E-state index in [0.717, 1.165) is 12.1 Å². The Morgan fingerprint density at radius 2 is 2.00 bits per heavy atom. The van der Waals surface area contributed by atoms with Crippen molar-refractivity contribution < 1.29 is 27.5 Å². The number of hydrogen-bond acceptors (Lipinski definition) is 2. The van der Waals surface area contributed by atoms with Crippen molar-refractivity contribution in [3.05, 3.63) is 29.6 Å². The molecule has 0 aromatic heterocycles.